The van der Waals surface area contributed by atoms with Gasteiger partial charge in [0.25, 0.3) is 0 Å². The van der Waals surface area contributed by atoms with Crippen molar-refractivity contribution < 1.29 is 13.5 Å². The highest BCUT2D eigenvalue weighted by molar-refractivity contribution is 7.92. The standard InChI is InChI=1S/C15H20ClNO3S/c1-15(2,3)21(19,20)7-6-17-9-11(10-18)13-5-4-12(16)8-14(13)17/h4-5,8-9,18H,6-7,10H2,1-3H3. The zero-order chi connectivity index (χ0) is 15.8. The number of hydrogen-bond donors (Lipinski definition) is 1. The van der Waals surface area contributed by atoms with Crippen molar-refractivity contribution in [1.29, 1.82) is 0 Å². The molecule has 0 atom stereocenters. The molecule has 6 heteroatoms. The minimum Gasteiger partial charge on any atom is -0.392 e. The van der Waals surface area contributed by atoms with E-state index in [1.54, 1.807) is 39.1 Å². The van der Waals surface area contributed by atoms with E-state index in [0.29, 0.717) is 11.6 Å². The van der Waals surface area contributed by atoms with Crippen LogP contribution in [0.5, 0.6) is 0 Å². The molecule has 0 saturated heterocycles. The number of fused-ring (bicyclic) bond motifs is 1. The minimum absolute atomic E-state index is 0.0532. The largest absolute Gasteiger partial charge is 0.392 e. The number of sulfone groups is 1. The number of rotatable bonds is 4. The third-order valence-corrected chi connectivity index (χ3v) is 6.45. The average molecular weight is 330 g/mol. The fraction of sp³-hybridized carbons (Fsp3) is 0.467. The number of hydrogen-bond acceptors (Lipinski definition) is 3. The lowest BCUT2D eigenvalue weighted by molar-refractivity contribution is 0.283. The monoisotopic (exact) mass is 329 g/mol. The number of nitrogens with zero attached hydrogens (tertiary/aromatic N) is 1. The summed E-state index contributed by atoms with van der Waals surface area (Å²) in [6, 6.07) is 5.40. The Morgan fingerprint density at radius 3 is 2.52 bits per heavy atom. The van der Waals surface area contributed by atoms with Crippen LogP contribution in [-0.2, 0) is 23.0 Å². The highest BCUT2D eigenvalue weighted by Gasteiger charge is 2.28. The summed E-state index contributed by atoms with van der Waals surface area (Å²) in [6.45, 7) is 5.36. The van der Waals surface area contributed by atoms with Gasteiger partial charge in [-0.25, -0.2) is 8.42 Å². The summed E-state index contributed by atoms with van der Waals surface area (Å²) in [4.78, 5) is 0. The van der Waals surface area contributed by atoms with Crippen molar-refractivity contribution in [3.05, 3.63) is 35.0 Å². The number of benzene rings is 1. The van der Waals surface area contributed by atoms with Gasteiger partial charge in [-0.05, 0) is 32.9 Å². The predicted octanol–water partition coefficient (Wildman–Crippen LogP) is 3.00. The molecule has 0 aliphatic heterocycles. The molecule has 0 saturated carbocycles. The molecule has 0 spiro atoms. The van der Waals surface area contributed by atoms with E-state index in [1.165, 1.54) is 0 Å². The third kappa shape index (κ3) is 3.25. The Kier molecular flexibility index (Phi) is 4.38. The lowest BCUT2D eigenvalue weighted by atomic mass is 10.2. The van der Waals surface area contributed by atoms with Crippen molar-refractivity contribution in [1.82, 2.24) is 4.57 Å². The molecular formula is C15H20ClNO3S. The van der Waals surface area contributed by atoms with Crippen LogP contribution in [0, 0.1) is 0 Å². The van der Waals surface area contributed by atoms with Crippen LogP contribution in [0.15, 0.2) is 24.4 Å². The number of aryl methyl sites for hydroxylation is 1. The smallest absolute Gasteiger partial charge is 0.156 e. The maximum atomic E-state index is 12.2. The Labute approximate surface area is 130 Å². The molecule has 1 aromatic heterocycles. The number of halogens is 1. The van der Waals surface area contributed by atoms with Gasteiger partial charge < -0.3 is 9.67 Å². The Balaban J connectivity index is 2.37. The number of aromatic nitrogens is 1. The highest BCUT2D eigenvalue weighted by Crippen LogP contribution is 2.25. The molecule has 0 fully saturated rings. The zero-order valence-electron chi connectivity index (χ0n) is 12.4. The molecule has 1 N–H and O–H groups in total. The minimum atomic E-state index is -3.19. The quantitative estimate of drug-likeness (QED) is 0.938. The van der Waals surface area contributed by atoms with E-state index >= 15 is 0 Å². The molecule has 2 rings (SSSR count). The van der Waals surface area contributed by atoms with Crippen LogP contribution in [0.25, 0.3) is 10.9 Å². The van der Waals surface area contributed by atoms with E-state index in [9.17, 15) is 13.5 Å². The average Bonchev–Trinajstić information content (AvgIpc) is 2.72. The SMILES string of the molecule is CC(C)(C)S(=O)(=O)CCn1cc(CO)c2ccc(Cl)cc21. The molecule has 116 valence electrons. The summed E-state index contributed by atoms with van der Waals surface area (Å²) >= 11 is 6.01. The van der Waals surface area contributed by atoms with Gasteiger partial charge in [-0.15, -0.1) is 0 Å². The highest BCUT2D eigenvalue weighted by atomic mass is 35.5. The summed E-state index contributed by atoms with van der Waals surface area (Å²) in [5.74, 6) is 0.0532. The van der Waals surface area contributed by atoms with E-state index in [-0.39, 0.29) is 12.4 Å². The van der Waals surface area contributed by atoms with Crippen molar-refractivity contribution >= 4 is 32.3 Å². The molecule has 0 radical (unpaired) electrons. The first kappa shape index (κ1) is 16.3. The Hall–Kier alpha value is -1.04. The summed E-state index contributed by atoms with van der Waals surface area (Å²) in [5.41, 5.74) is 1.62. The Bertz CT molecular complexity index is 757. The first-order valence-electron chi connectivity index (χ1n) is 6.76. The van der Waals surface area contributed by atoms with Gasteiger partial charge in [-0.2, -0.15) is 0 Å². The molecule has 1 heterocycles. The van der Waals surface area contributed by atoms with Crippen molar-refractivity contribution in [2.75, 3.05) is 5.75 Å². The van der Waals surface area contributed by atoms with Crippen molar-refractivity contribution in [3.63, 3.8) is 0 Å². The Morgan fingerprint density at radius 2 is 1.95 bits per heavy atom. The molecule has 21 heavy (non-hydrogen) atoms. The van der Waals surface area contributed by atoms with Crippen LogP contribution in [0.1, 0.15) is 26.3 Å². The molecule has 0 bridgehead atoms. The normalized spacial score (nSPS) is 13.0. The van der Waals surface area contributed by atoms with Gasteiger partial charge in [0.1, 0.15) is 0 Å². The predicted molar refractivity (Wildman–Crippen MR) is 86.4 cm³/mol. The fourth-order valence-corrected chi connectivity index (χ4v) is 3.39. The van der Waals surface area contributed by atoms with Crippen LogP contribution in [-0.4, -0.2) is 28.6 Å². The second-order valence-electron chi connectivity index (χ2n) is 6.10. The van der Waals surface area contributed by atoms with E-state index in [2.05, 4.69) is 0 Å². The third-order valence-electron chi connectivity index (χ3n) is 3.63. The van der Waals surface area contributed by atoms with Gasteiger partial charge in [0.2, 0.25) is 0 Å². The van der Waals surface area contributed by atoms with E-state index < -0.39 is 14.6 Å². The summed E-state index contributed by atoms with van der Waals surface area (Å²) in [5, 5.41) is 10.9. The molecule has 0 amide bonds. The topological polar surface area (TPSA) is 59.3 Å². The first-order chi connectivity index (χ1) is 9.65. The number of aliphatic hydroxyl groups excluding tert-OH is 1. The fourth-order valence-electron chi connectivity index (χ4n) is 2.18. The van der Waals surface area contributed by atoms with E-state index in [4.69, 9.17) is 11.6 Å². The van der Waals surface area contributed by atoms with Gasteiger partial charge in [0, 0.05) is 34.2 Å². The van der Waals surface area contributed by atoms with Gasteiger partial charge in [0.15, 0.2) is 9.84 Å². The summed E-state index contributed by atoms with van der Waals surface area (Å²) in [7, 11) is -3.19. The molecule has 1 aromatic carbocycles. The maximum absolute atomic E-state index is 12.2. The van der Waals surface area contributed by atoms with Crippen molar-refractivity contribution in [3.8, 4) is 0 Å². The van der Waals surface area contributed by atoms with Gasteiger partial charge in [-0.1, -0.05) is 17.7 Å². The van der Waals surface area contributed by atoms with Crippen LogP contribution in [0.3, 0.4) is 0 Å². The molecule has 0 aliphatic carbocycles. The van der Waals surface area contributed by atoms with Crippen LogP contribution in [0.2, 0.25) is 5.02 Å². The van der Waals surface area contributed by atoms with Gasteiger partial charge in [0.05, 0.1) is 17.1 Å². The summed E-state index contributed by atoms with van der Waals surface area (Å²) < 4.78 is 25.5. The van der Waals surface area contributed by atoms with Gasteiger partial charge >= 0.3 is 0 Å². The lowest BCUT2D eigenvalue weighted by Gasteiger charge is -2.19. The number of aliphatic hydroxyl groups is 1. The Morgan fingerprint density at radius 1 is 1.29 bits per heavy atom. The van der Waals surface area contributed by atoms with E-state index in [0.717, 1.165) is 16.5 Å². The molecule has 0 unspecified atom stereocenters. The zero-order valence-corrected chi connectivity index (χ0v) is 14.0. The first-order valence-corrected chi connectivity index (χ1v) is 8.79. The van der Waals surface area contributed by atoms with Crippen LogP contribution >= 0.6 is 11.6 Å². The van der Waals surface area contributed by atoms with E-state index in [1.807, 2.05) is 10.6 Å². The van der Waals surface area contributed by atoms with Crippen molar-refractivity contribution in [2.45, 2.75) is 38.7 Å². The van der Waals surface area contributed by atoms with Crippen molar-refractivity contribution in [2.24, 2.45) is 0 Å². The second-order valence-corrected chi connectivity index (χ2v) is 9.40. The lowest BCUT2D eigenvalue weighted by Crippen LogP contribution is -2.31. The summed E-state index contributed by atoms with van der Waals surface area (Å²) in [6.07, 6.45) is 1.79. The molecule has 0 aliphatic rings. The van der Waals surface area contributed by atoms with Gasteiger partial charge in [-0.3, -0.25) is 0 Å². The molecule has 2 aromatic rings. The van der Waals surface area contributed by atoms with Crippen LogP contribution < -0.4 is 0 Å². The molecular weight excluding hydrogens is 310 g/mol. The van der Waals surface area contributed by atoms with Crippen LogP contribution in [0.4, 0.5) is 0 Å². The molecule has 4 nitrogen and oxygen atoms in total. The maximum Gasteiger partial charge on any atom is 0.156 e. The second kappa shape index (κ2) is 5.63.